The van der Waals surface area contributed by atoms with Crippen molar-refractivity contribution in [3.05, 3.63) is 70.0 Å². The highest BCUT2D eigenvalue weighted by Crippen LogP contribution is 2.38. The topological polar surface area (TPSA) is 26.0 Å². The Balaban J connectivity index is 1.66. The van der Waals surface area contributed by atoms with Crippen LogP contribution in [0.5, 0.6) is 0 Å². The normalized spacial score (nSPS) is 18.2. The van der Waals surface area contributed by atoms with E-state index < -0.39 is 0 Å². The third kappa shape index (κ3) is 2.58. The van der Waals surface area contributed by atoms with Gasteiger partial charge in [0.1, 0.15) is 5.82 Å². The summed E-state index contributed by atoms with van der Waals surface area (Å²) in [6, 6.07) is 13.1. The number of rotatable bonds is 4. The van der Waals surface area contributed by atoms with Gasteiger partial charge in [0, 0.05) is 16.6 Å². The Bertz CT molecular complexity index is 606. The molecule has 0 spiro atoms. The van der Waals surface area contributed by atoms with Crippen LogP contribution < -0.4 is 5.73 Å². The highest BCUT2D eigenvalue weighted by Gasteiger charge is 2.27. The molecule has 2 atom stereocenters. The van der Waals surface area contributed by atoms with Crippen molar-refractivity contribution in [1.29, 1.82) is 0 Å². The van der Waals surface area contributed by atoms with Crippen LogP contribution in [0, 0.1) is 5.82 Å². The van der Waals surface area contributed by atoms with Crippen LogP contribution in [0.15, 0.2) is 42.5 Å². The fourth-order valence-electron chi connectivity index (χ4n) is 3.01. The molecule has 2 unspecified atom stereocenters. The standard InChI is InChI=1S/C17H17ClFN/c18-16-6-3-7-17(19)15(16)10-13(20)9-12-8-11-4-1-2-5-14(11)12/h1-7,12-13H,8-10,20H2. The van der Waals surface area contributed by atoms with Gasteiger partial charge >= 0.3 is 0 Å². The Hall–Kier alpha value is -1.38. The van der Waals surface area contributed by atoms with Gasteiger partial charge in [-0.1, -0.05) is 41.9 Å². The second-order valence-corrected chi connectivity index (χ2v) is 5.91. The summed E-state index contributed by atoms with van der Waals surface area (Å²) in [6.45, 7) is 0. The summed E-state index contributed by atoms with van der Waals surface area (Å²) in [7, 11) is 0. The van der Waals surface area contributed by atoms with E-state index >= 15 is 0 Å². The molecule has 0 heterocycles. The Morgan fingerprint density at radius 1 is 1.20 bits per heavy atom. The minimum absolute atomic E-state index is 0.0669. The van der Waals surface area contributed by atoms with E-state index in [0.717, 1.165) is 12.8 Å². The lowest BCUT2D eigenvalue weighted by Gasteiger charge is -2.32. The van der Waals surface area contributed by atoms with E-state index in [9.17, 15) is 4.39 Å². The summed E-state index contributed by atoms with van der Waals surface area (Å²) in [5.41, 5.74) is 9.52. The highest BCUT2D eigenvalue weighted by atomic mass is 35.5. The molecule has 0 amide bonds. The van der Waals surface area contributed by atoms with Gasteiger partial charge in [-0.2, -0.15) is 0 Å². The lowest BCUT2D eigenvalue weighted by molar-refractivity contribution is 0.478. The van der Waals surface area contributed by atoms with Gasteiger partial charge in [0.25, 0.3) is 0 Å². The summed E-state index contributed by atoms with van der Waals surface area (Å²) in [6.07, 6.45) is 2.45. The van der Waals surface area contributed by atoms with E-state index in [-0.39, 0.29) is 11.9 Å². The number of hydrogen-bond donors (Lipinski definition) is 1. The van der Waals surface area contributed by atoms with Gasteiger partial charge < -0.3 is 5.73 Å². The molecule has 2 aromatic rings. The Morgan fingerprint density at radius 2 is 2.00 bits per heavy atom. The molecular weight excluding hydrogens is 273 g/mol. The molecule has 0 bridgehead atoms. The fraction of sp³-hybridized carbons (Fsp3) is 0.294. The summed E-state index contributed by atoms with van der Waals surface area (Å²) in [4.78, 5) is 0. The lowest BCUT2D eigenvalue weighted by Crippen LogP contribution is -2.30. The molecule has 20 heavy (non-hydrogen) atoms. The molecule has 104 valence electrons. The first-order valence-electron chi connectivity index (χ1n) is 6.91. The first-order valence-corrected chi connectivity index (χ1v) is 7.29. The number of halogens is 2. The van der Waals surface area contributed by atoms with Crippen molar-refractivity contribution in [2.75, 3.05) is 0 Å². The molecule has 3 heteroatoms. The SMILES string of the molecule is NC(Cc1c(F)cccc1Cl)CC1Cc2ccccc21. The Kier molecular flexibility index (Phi) is 3.77. The predicted octanol–water partition coefficient (Wildman–Crippen LogP) is 4.08. The smallest absolute Gasteiger partial charge is 0.127 e. The molecule has 0 aliphatic heterocycles. The van der Waals surface area contributed by atoms with Crippen LogP contribution >= 0.6 is 11.6 Å². The van der Waals surface area contributed by atoms with E-state index in [1.165, 1.54) is 17.2 Å². The zero-order valence-corrected chi connectivity index (χ0v) is 11.9. The summed E-state index contributed by atoms with van der Waals surface area (Å²) in [5.74, 6) is 0.244. The number of hydrogen-bond acceptors (Lipinski definition) is 1. The van der Waals surface area contributed by atoms with Crippen molar-refractivity contribution in [2.24, 2.45) is 5.73 Å². The zero-order chi connectivity index (χ0) is 14.1. The summed E-state index contributed by atoms with van der Waals surface area (Å²) >= 11 is 6.04. The summed E-state index contributed by atoms with van der Waals surface area (Å²) in [5, 5.41) is 0.467. The average molecular weight is 290 g/mol. The van der Waals surface area contributed by atoms with Crippen molar-refractivity contribution in [2.45, 2.75) is 31.2 Å². The first kappa shape index (κ1) is 13.6. The lowest BCUT2D eigenvalue weighted by atomic mass is 9.74. The largest absolute Gasteiger partial charge is 0.327 e. The van der Waals surface area contributed by atoms with E-state index in [4.69, 9.17) is 17.3 Å². The van der Waals surface area contributed by atoms with Crippen LogP contribution in [0.2, 0.25) is 5.02 Å². The van der Waals surface area contributed by atoms with Crippen LogP contribution in [0.3, 0.4) is 0 Å². The number of fused-ring (bicyclic) bond motifs is 1. The zero-order valence-electron chi connectivity index (χ0n) is 11.2. The second-order valence-electron chi connectivity index (χ2n) is 5.50. The molecule has 0 radical (unpaired) electrons. The molecule has 2 aromatic carbocycles. The molecule has 0 aromatic heterocycles. The van der Waals surface area contributed by atoms with Gasteiger partial charge in [0.15, 0.2) is 0 Å². The Morgan fingerprint density at radius 3 is 2.75 bits per heavy atom. The molecule has 2 N–H and O–H groups in total. The van der Waals surface area contributed by atoms with E-state index in [2.05, 4.69) is 24.3 Å². The van der Waals surface area contributed by atoms with Gasteiger partial charge in [-0.15, -0.1) is 0 Å². The molecule has 0 fully saturated rings. The summed E-state index contributed by atoms with van der Waals surface area (Å²) < 4.78 is 13.7. The molecule has 1 nitrogen and oxygen atoms in total. The molecule has 3 rings (SSSR count). The van der Waals surface area contributed by atoms with Crippen LogP contribution in [0.1, 0.15) is 29.0 Å². The van der Waals surface area contributed by atoms with Crippen LogP contribution in [0.25, 0.3) is 0 Å². The van der Waals surface area contributed by atoms with Crippen molar-refractivity contribution in [3.8, 4) is 0 Å². The minimum atomic E-state index is -0.262. The van der Waals surface area contributed by atoms with Crippen molar-refractivity contribution < 1.29 is 4.39 Å². The van der Waals surface area contributed by atoms with Crippen molar-refractivity contribution in [3.63, 3.8) is 0 Å². The minimum Gasteiger partial charge on any atom is -0.327 e. The second kappa shape index (κ2) is 5.55. The van der Waals surface area contributed by atoms with Crippen LogP contribution in [-0.2, 0) is 12.8 Å². The maximum Gasteiger partial charge on any atom is 0.127 e. The molecule has 0 saturated heterocycles. The fourth-order valence-corrected chi connectivity index (χ4v) is 3.25. The van der Waals surface area contributed by atoms with Crippen molar-refractivity contribution >= 4 is 11.6 Å². The van der Waals surface area contributed by atoms with Crippen molar-refractivity contribution in [1.82, 2.24) is 0 Å². The van der Waals surface area contributed by atoms with Gasteiger partial charge in [-0.3, -0.25) is 0 Å². The molecule has 1 aliphatic carbocycles. The number of nitrogens with two attached hydrogens (primary N) is 1. The van der Waals surface area contributed by atoms with E-state index in [1.807, 2.05) is 0 Å². The molecule has 0 saturated carbocycles. The maximum absolute atomic E-state index is 13.7. The molecular formula is C17H17ClFN. The monoisotopic (exact) mass is 289 g/mol. The van der Waals surface area contributed by atoms with Crippen LogP contribution in [-0.4, -0.2) is 6.04 Å². The van der Waals surface area contributed by atoms with Gasteiger partial charge in [-0.25, -0.2) is 4.39 Å². The maximum atomic E-state index is 13.7. The van der Waals surface area contributed by atoms with Gasteiger partial charge in [-0.05, 0) is 48.4 Å². The van der Waals surface area contributed by atoms with E-state index in [1.54, 1.807) is 12.1 Å². The van der Waals surface area contributed by atoms with Crippen LogP contribution in [0.4, 0.5) is 4.39 Å². The van der Waals surface area contributed by atoms with Gasteiger partial charge in [0.2, 0.25) is 0 Å². The predicted molar refractivity (Wildman–Crippen MR) is 80.6 cm³/mol. The number of benzene rings is 2. The highest BCUT2D eigenvalue weighted by molar-refractivity contribution is 6.31. The van der Waals surface area contributed by atoms with E-state index in [0.29, 0.717) is 22.9 Å². The average Bonchev–Trinajstić information content (AvgIpc) is 2.40. The molecule has 1 aliphatic rings. The Labute approximate surface area is 123 Å². The third-order valence-electron chi connectivity index (χ3n) is 4.08. The third-order valence-corrected chi connectivity index (χ3v) is 4.43. The quantitative estimate of drug-likeness (QED) is 0.902. The first-order chi connectivity index (χ1) is 9.65. The van der Waals surface area contributed by atoms with Gasteiger partial charge in [0.05, 0.1) is 0 Å².